The molecule has 0 saturated heterocycles. The van der Waals surface area contributed by atoms with E-state index in [1.807, 2.05) is 6.07 Å². The van der Waals surface area contributed by atoms with E-state index in [1.54, 1.807) is 7.11 Å². The van der Waals surface area contributed by atoms with Gasteiger partial charge in [-0.05, 0) is 43.2 Å². The summed E-state index contributed by atoms with van der Waals surface area (Å²) in [5.74, 6) is 0.918. The van der Waals surface area contributed by atoms with Gasteiger partial charge in [0.15, 0.2) is 0 Å². The fourth-order valence-electron chi connectivity index (χ4n) is 3.67. The van der Waals surface area contributed by atoms with E-state index in [-0.39, 0.29) is 0 Å². The minimum atomic E-state index is 0.398. The number of rotatable bonds is 3. The predicted molar refractivity (Wildman–Crippen MR) is 102 cm³/mol. The van der Waals surface area contributed by atoms with Crippen LogP contribution in [0.25, 0.3) is 5.57 Å². The number of hydrogen-bond acceptors (Lipinski definition) is 3. The Hall–Kier alpha value is -2.72. The lowest BCUT2D eigenvalue weighted by Crippen LogP contribution is -2.99. The number of benzene rings is 2. The number of fused-ring (bicyclic) bond motifs is 2. The van der Waals surface area contributed by atoms with Crippen LogP contribution in [0.1, 0.15) is 18.1 Å². The Bertz CT molecular complexity index is 856. The molecule has 2 aromatic carbocycles. The molecule has 0 fully saturated rings. The Morgan fingerprint density at radius 1 is 1.24 bits per heavy atom. The van der Waals surface area contributed by atoms with Crippen LogP contribution < -0.4 is 20.1 Å². The smallest absolute Gasteiger partial charge is 0.143 e. The summed E-state index contributed by atoms with van der Waals surface area (Å²) >= 11 is 0. The van der Waals surface area contributed by atoms with E-state index in [9.17, 15) is 0 Å². The monoisotopic (exact) mass is 334 g/mol. The second-order valence-corrected chi connectivity index (χ2v) is 6.71. The molecule has 2 heterocycles. The van der Waals surface area contributed by atoms with Crippen LogP contribution in [0.15, 0.2) is 60.9 Å². The van der Waals surface area contributed by atoms with Crippen molar-refractivity contribution >= 4 is 16.9 Å². The van der Waals surface area contributed by atoms with Crippen molar-refractivity contribution in [3.8, 4) is 5.75 Å². The second-order valence-electron chi connectivity index (χ2n) is 6.71. The first kappa shape index (κ1) is 15.8. The number of para-hydroxylation sites is 1. The molecule has 2 aromatic rings. The molecule has 0 aliphatic carbocycles. The number of nitrogens with one attached hydrogen (secondary N) is 2. The quantitative estimate of drug-likeness (QED) is 0.904. The summed E-state index contributed by atoms with van der Waals surface area (Å²) in [5, 5.41) is 2.24. The molecule has 4 rings (SSSR count). The number of ether oxygens (including phenoxy) is 1. The van der Waals surface area contributed by atoms with Crippen LogP contribution in [0.5, 0.6) is 5.75 Å². The van der Waals surface area contributed by atoms with Crippen LogP contribution in [-0.2, 0) is 6.42 Å². The van der Waals surface area contributed by atoms with Crippen LogP contribution in [0.3, 0.4) is 0 Å². The third-order valence-electron chi connectivity index (χ3n) is 5.04. The molecule has 4 nitrogen and oxygen atoms in total. The highest BCUT2D eigenvalue weighted by atomic mass is 16.5. The van der Waals surface area contributed by atoms with Crippen LogP contribution in [0.4, 0.5) is 11.4 Å². The van der Waals surface area contributed by atoms with Crippen molar-refractivity contribution in [2.45, 2.75) is 19.4 Å². The Morgan fingerprint density at radius 3 is 2.92 bits per heavy atom. The molecule has 0 spiro atoms. The lowest BCUT2D eigenvalue weighted by molar-refractivity contribution is -0.751. The summed E-state index contributed by atoms with van der Waals surface area (Å²) in [6.45, 7) is 2.24. The fourth-order valence-corrected chi connectivity index (χ4v) is 3.67. The average molecular weight is 334 g/mol. The molecule has 128 valence electrons. The number of anilines is 1. The molecule has 0 bridgehead atoms. The molecule has 2 N–H and O–H groups in total. The van der Waals surface area contributed by atoms with Crippen LogP contribution in [-0.4, -0.2) is 20.2 Å². The van der Waals surface area contributed by atoms with Gasteiger partial charge in [0.2, 0.25) is 0 Å². The number of hydrogen-bond donors (Lipinski definition) is 2. The van der Waals surface area contributed by atoms with Gasteiger partial charge in [-0.25, -0.2) is 0 Å². The van der Waals surface area contributed by atoms with Crippen molar-refractivity contribution in [3.63, 3.8) is 0 Å². The lowest BCUT2D eigenvalue weighted by Gasteiger charge is -2.26. The highest BCUT2D eigenvalue weighted by molar-refractivity contribution is 5.80. The maximum absolute atomic E-state index is 5.35. The van der Waals surface area contributed by atoms with Crippen molar-refractivity contribution < 1.29 is 9.64 Å². The molecule has 0 radical (unpaired) electrons. The highest BCUT2D eigenvalue weighted by Gasteiger charge is 2.26. The van der Waals surface area contributed by atoms with Crippen molar-refractivity contribution in [2.75, 3.05) is 19.2 Å². The maximum atomic E-state index is 5.35. The SMILES string of the molecule is COc1ccc2c(c1)CC(C)N2NC=C1C=C[NH+](C)c2ccccc21. The molecule has 0 aromatic heterocycles. The Kier molecular flexibility index (Phi) is 3.98. The number of quaternary nitrogens is 1. The molecule has 2 aliphatic heterocycles. The largest absolute Gasteiger partial charge is 0.497 e. The van der Waals surface area contributed by atoms with E-state index in [2.05, 4.69) is 79.3 Å². The predicted octanol–water partition coefficient (Wildman–Crippen LogP) is 2.67. The fraction of sp³-hybridized carbons (Fsp3) is 0.238. The number of hydrazine groups is 1. The minimum absolute atomic E-state index is 0.398. The summed E-state index contributed by atoms with van der Waals surface area (Å²) in [5.41, 5.74) is 9.85. The summed E-state index contributed by atoms with van der Waals surface area (Å²) in [6, 6.07) is 15.2. The van der Waals surface area contributed by atoms with E-state index in [4.69, 9.17) is 4.74 Å². The average Bonchev–Trinajstić information content (AvgIpc) is 2.95. The zero-order valence-corrected chi connectivity index (χ0v) is 14.9. The van der Waals surface area contributed by atoms with Gasteiger partial charge in [0.1, 0.15) is 11.4 Å². The zero-order chi connectivity index (χ0) is 17.4. The summed E-state index contributed by atoms with van der Waals surface area (Å²) in [7, 11) is 3.87. The Morgan fingerprint density at radius 2 is 2.08 bits per heavy atom. The van der Waals surface area contributed by atoms with Gasteiger partial charge < -0.3 is 10.2 Å². The molecule has 0 saturated carbocycles. The van der Waals surface area contributed by atoms with Crippen molar-refractivity contribution in [1.29, 1.82) is 0 Å². The van der Waals surface area contributed by atoms with Gasteiger partial charge >= 0.3 is 0 Å². The molecule has 2 atom stereocenters. The Labute approximate surface area is 149 Å². The van der Waals surface area contributed by atoms with Crippen molar-refractivity contribution in [2.24, 2.45) is 0 Å². The van der Waals surface area contributed by atoms with Crippen molar-refractivity contribution in [1.82, 2.24) is 5.43 Å². The highest BCUT2D eigenvalue weighted by Crippen LogP contribution is 2.33. The van der Waals surface area contributed by atoms with Gasteiger partial charge in [0.05, 0.1) is 32.1 Å². The number of methoxy groups -OCH3 is 1. The second kappa shape index (κ2) is 6.30. The first-order valence-corrected chi connectivity index (χ1v) is 8.71. The van der Waals surface area contributed by atoms with E-state index in [1.165, 1.54) is 33.0 Å². The molecule has 25 heavy (non-hydrogen) atoms. The first-order valence-electron chi connectivity index (χ1n) is 8.71. The van der Waals surface area contributed by atoms with Gasteiger partial charge in [-0.2, -0.15) is 0 Å². The molecular weight excluding hydrogens is 310 g/mol. The summed E-state index contributed by atoms with van der Waals surface area (Å²) < 4.78 is 5.35. The summed E-state index contributed by atoms with van der Waals surface area (Å²) in [4.78, 5) is 1.31. The van der Waals surface area contributed by atoms with Crippen molar-refractivity contribution in [3.05, 3.63) is 72.1 Å². The van der Waals surface area contributed by atoms with Crippen LogP contribution in [0.2, 0.25) is 0 Å². The Balaban J connectivity index is 1.62. The lowest BCUT2D eigenvalue weighted by atomic mass is 10.0. The van der Waals surface area contributed by atoms with E-state index >= 15 is 0 Å². The molecule has 0 amide bonds. The van der Waals surface area contributed by atoms with E-state index < -0.39 is 0 Å². The number of nitrogens with zero attached hydrogens (tertiary/aromatic N) is 1. The molecule has 2 aliphatic rings. The van der Waals surface area contributed by atoms with E-state index in [0.29, 0.717) is 6.04 Å². The van der Waals surface area contributed by atoms with E-state index in [0.717, 1.165) is 12.2 Å². The van der Waals surface area contributed by atoms with Gasteiger partial charge in [-0.3, -0.25) is 9.91 Å². The van der Waals surface area contributed by atoms with Crippen LogP contribution >= 0.6 is 0 Å². The third-order valence-corrected chi connectivity index (χ3v) is 5.04. The molecular formula is C21H24N3O+. The maximum Gasteiger partial charge on any atom is 0.143 e. The van der Waals surface area contributed by atoms with Gasteiger partial charge in [0.25, 0.3) is 0 Å². The zero-order valence-electron chi connectivity index (χ0n) is 14.9. The third kappa shape index (κ3) is 2.79. The van der Waals surface area contributed by atoms with Gasteiger partial charge in [-0.15, -0.1) is 0 Å². The summed E-state index contributed by atoms with van der Waals surface area (Å²) in [6.07, 6.45) is 7.49. The van der Waals surface area contributed by atoms with Crippen LogP contribution in [0, 0.1) is 0 Å². The minimum Gasteiger partial charge on any atom is -0.497 e. The van der Waals surface area contributed by atoms with Gasteiger partial charge in [-0.1, -0.05) is 12.1 Å². The van der Waals surface area contributed by atoms with Gasteiger partial charge in [0, 0.05) is 29.5 Å². The molecule has 4 heteroatoms. The standard InChI is InChI=1S/C21H23N3O/c1-15-12-17-13-18(25-3)8-9-20(17)24(15)22-14-16-10-11-23(2)21-7-5-4-6-19(16)21/h4-11,13-15,22H,12H2,1-3H3/p+1. The number of allylic oxidation sites excluding steroid dienone is 2. The first-order chi connectivity index (χ1) is 12.2. The normalized spacial score (nSPS) is 22.7. The molecule has 2 unspecified atom stereocenters. The topological polar surface area (TPSA) is 28.9 Å².